The molecule has 2 aromatic carbocycles. The van der Waals surface area contributed by atoms with Crippen LogP contribution in [0.3, 0.4) is 0 Å². The van der Waals surface area contributed by atoms with Gasteiger partial charge in [-0.05, 0) is 42.7 Å². The van der Waals surface area contributed by atoms with Crippen LogP contribution in [0.5, 0.6) is 11.5 Å². The van der Waals surface area contributed by atoms with E-state index in [9.17, 15) is 14.4 Å². The number of carbonyl (C=O) groups excluding carboxylic acids is 3. The number of carbonyl (C=O) groups is 3. The Morgan fingerprint density at radius 3 is 2.56 bits per heavy atom. The van der Waals surface area contributed by atoms with E-state index in [0.717, 1.165) is 31.2 Å². The molecule has 1 aliphatic heterocycles. The van der Waals surface area contributed by atoms with Gasteiger partial charge in [0.1, 0.15) is 12.2 Å². The number of halogens is 1. The van der Waals surface area contributed by atoms with Gasteiger partial charge in [0.2, 0.25) is 0 Å². The van der Waals surface area contributed by atoms with Gasteiger partial charge in [0.25, 0.3) is 11.8 Å². The maximum Gasteiger partial charge on any atom is 0.331 e. The molecule has 2 fully saturated rings. The van der Waals surface area contributed by atoms with E-state index in [4.69, 9.17) is 21.1 Å². The van der Waals surface area contributed by atoms with Crippen LogP contribution in [0.1, 0.15) is 36.8 Å². The van der Waals surface area contributed by atoms with Gasteiger partial charge >= 0.3 is 6.03 Å². The number of hydrogen-bond donors (Lipinski definition) is 1. The van der Waals surface area contributed by atoms with E-state index in [2.05, 4.69) is 5.32 Å². The smallest absolute Gasteiger partial charge is 0.331 e. The number of nitrogens with one attached hydrogen (secondary N) is 1. The van der Waals surface area contributed by atoms with E-state index in [-0.39, 0.29) is 18.2 Å². The minimum atomic E-state index is -0.702. The second kappa shape index (κ2) is 9.44. The third-order valence-electron chi connectivity index (χ3n) is 5.66. The number of urea groups is 1. The first kappa shape index (κ1) is 21.9. The summed E-state index contributed by atoms with van der Waals surface area (Å²) in [7, 11) is 1.51. The molecular formula is C24H23ClN2O5. The third kappa shape index (κ3) is 4.48. The van der Waals surface area contributed by atoms with Gasteiger partial charge in [-0.3, -0.25) is 19.8 Å². The van der Waals surface area contributed by atoms with E-state index in [1.165, 1.54) is 18.1 Å². The lowest BCUT2D eigenvalue weighted by molar-refractivity contribution is -0.131. The van der Waals surface area contributed by atoms with Gasteiger partial charge in [0.05, 0.1) is 7.11 Å². The summed E-state index contributed by atoms with van der Waals surface area (Å²) in [5, 5.41) is 2.89. The molecular weight excluding hydrogens is 432 g/mol. The molecule has 0 bridgehead atoms. The van der Waals surface area contributed by atoms with Gasteiger partial charge in [0, 0.05) is 16.6 Å². The van der Waals surface area contributed by atoms with Gasteiger partial charge in [-0.1, -0.05) is 48.7 Å². The molecule has 0 spiro atoms. The Hall–Kier alpha value is -3.32. The number of ether oxygens (including phenoxy) is 2. The third-order valence-corrected chi connectivity index (χ3v) is 6.03. The lowest BCUT2D eigenvalue weighted by Crippen LogP contribution is -2.57. The van der Waals surface area contributed by atoms with E-state index in [0.29, 0.717) is 22.1 Å². The standard InChI is InChI=1S/C24H23ClN2O5/c1-31-21-13-15(10-11-20(21)32-14-16-6-2-5-9-19(16)25)12-18-22(28)26-24(30)27(23(18)29)17-7-3-4-8-17/h2,5-6,9-13,17H,3-4,7-8,14H2,1H3,(H,26,28,30)/b18-12+. The number of nitrogens with zero attached hydrogens (tertiary/aromatic N) is 1. The van der Waals surface area contributed by atoms with Crippen LogP contribution in [0.2, 0.25) is 5.02 Å². The largest absolute Gasteiger partial charge is 0.493 e. The maximum atomic E-state index is 13.0. The SMILES string of the molecule is COc1cc(/C=C2\C(=O)NC(=O)N(C3CCCC3)C2=O)ccc1OCc1ccccc1Cl. The van der Waals surface area contributed by atoms with E-state index < -0.39 is 17.8 Å². The van der Waals surface area contributed by atoms with Crippen LogP contribution in [-0.4, -0.2) is 35.9 Å². The van der Waals surface area contributed by atoms with Crippen molar-refractivity contribution in [1.82, 2.24) is 10.2 Å². The average Bonchev–Trinajstić information content (AvgIpc) is 3.30. The Labute approximate surface area is 190 Å². The predicted molar refractivity (Wildman–Crippen MR) is 119 cm³/mol. The normalized spacial score (nSPS) is 18.2. The van der Waals surface area contributed by atoms with Crippen molar-refractivity contribution in [3.8, 4) is 11.5 Å². The molecule has 8 heteroatoms. The van der Waals surface area contributed by atoms with Crippen LogP contribution in [0, 0.1) is 0 Å². The lowest BCUT2D eigenvalue weighted by Gasteiger charge is -2.31. The molecule has 166 valence electrons. The molecule has 32 heavy (non-hydrogen) atoms. The average molecular weight is 455 g/mol. The fourth-order valence-electron chi connectivity index (χ4n) is 4.00. The summed E-state index contributed by atoms with van der Waals surface area (Å²) in [4.78, 5) is 38.8. The van der Waals surface area contributed by atoms with Gasteiger partial charge in [-0.2, -0.15) is 0 Å². The van der Waals surface area contributed by atoms with Gasteiger partial charge in [-0.15, -0.1) is 0 Å². The fraction of sp³-hybridized carbons (Fsp3) is 0.292. The molecule has 0 unspecified atom stereocenters. The Morgan fingerprint density at radius 1 is 1.09 bits per heavy atom. The van der Waals surface area contributed by atoms with Crippen molar-refractivity contribution < 1.29 is 23.9 Å². The highest BCUT2D eigenvalue weighted by atomic mass is 35.5. The van der Waals surface area contributed by atoms with Crippen LogP contribution < -0.4 is 14.8 Å². The number of amides is 4. The molecule has 1 saturated heterocycles. The van der Waals surface area contributed by atoms with Crippen LogP contribution in [0.25, 0.3) is 6.08 Å². The first-order chi connectivity index (χ1) is 15.5. The van der Waals surface area contributed by atoms with Crippen molar-refractivity contribution in [2.24, 2.45) is 0 Å². The highest BCUT2D eigenvalue weighted by molar-refractivity contribution is 6.31. The number of imide groups is 2. The van der Waals surface area contributed by atoms with E-state index >= 15 is 0 Å². The van der Waals surface area contributed by atoms with Gasteiger partial charge in [-0.25, -0.2) is 4.79 Å². The molecule has 4 rings (SSSR count). The molecule has 0 aromatic heterocycles. The van der Waals surface area contributed by atoms with E-state index in [1.54, 1.807) is 24.3 Å². The summed E-state index contributed by atoms with van der Waals surface area (Å²) in [6.45, 7) is 0.260. The van der Waals surface area contributed by atoms with Crippen LogP contribution in [-0.2, 0) is 16.2 Å². The summed E-state index contributed by atoms with van der Waals surface area (Å²) in [6, 6.07) is 11.7. The quantitative estimate of drug-likeness (QED) is 0.518. The first-order valence-corrected chi connectivity index (χ1v) is 10.8. The zero-order valence-electron chi connectivity index (χ0n) is 17.6. The molecule has 0 radical (unpaired) electrons. The highest BCUT2D eigenvalue weighted by Crippen LogP contribution is 2.31. The summed E-state index contributed by atoms with van der Waals surface area (Å²) in [5.74, 6) is -0.327. The summed E-state index contributed by atoms with van der Waals surface area (Å²) < 4.78 is 11.3. The topological polar surface area (TPSA) is 84.9 Å². The predicted octanol–water partition coefficient (Wildman–Crippen LogP) is 4.33. The number of hydrogen-bond acceptors (Lipinski definition) is 5. The van der Waals surface area contributed by atoms with Gasteiger partial charge in [0.15, 0.2) is 11.5 Å². The Balaban J connectivity index is 1.56. The second-order valence-electron chi connectivity index (χ2n) is 7.72. The van der Waals surface area contributed by atoms with Crippen molar-refractivity contribution in [2.75, 3.05) is 7.11 Å². The van der Waals surface area contributed by atoms with E-state index in [1.807, 2.05) is 18.2 Å². The van der Waals surface area contributed by atoms with Gasteiger partial charge < -0.3 is 9.47 Å². The molecule has 2 aliphatic rings. The zero-order valence-corrected chi connectivity index (χ0v) is 18.4. The number of methoxy groups -OCH3 is 1. The summed E-state index contributed by atoms with van der Waals surface area (Å²) in [5.41, 5.74) is 1.33. The lowest BCUT2D eigenvalue weighted by atomic mass is 10.0. The minimum absolute atomic E-state index is 0.0803. The Kier molecular flexibility index (Phi) is 6.46. The minimum Gasteiger partial charge on any atom is -0.493 e. The molecule has 0 atom stereocenters. The highest BCUT2D eigenvalue weighted by Gasteiger charge is 2.40. The maximum absolute atomic E-state index is 13.0. The van der Waals surface area contributed by atoms with Crippen LogP contribution >= 0.6 is 11.6 Å². The van der Waals surface area contributed by atoms with Crippen LogP contribution in [0.15, 0.2) is 48.0 Å². The molecule has 1 N–H and O–H groups in total. The first-order valence-electron chi connectivity index (χ1n) is 10.4. The second-order valence-corrected chi connectivity index (χ2v) is 8.13. The van der Waals surface area contributed by atoms with Crippen molar-refractivity contribution in [1.29, 1.82) is 0 Å². The van der Waals surface area contributed by atoms with Crippen molar-refractivity contribution in [3.63, 3.8) is 0 Å². The number of barbiturate groups is 1. The molecule has 1 heterocycles. The summed E-state index contributed by atoms with van der Waals surface area (Å²) in [6.07, 6.45) is 4.90. The Bertz CT molecular complexity index is 1090. The van der Waals surface area contributed by atoms with Crippen LogP contribution in [0.4, 0.5) is 4.79 Å². The summed E-state index contributed by atoms with van der Waals surface area (Å²) >= 11 is 6.18. The Morgan fingerprint density at radius 2 is 1.84 bits per heavy atom. The van der Waals surface area contributed by atoms with Crippen molar-refractivity contribution in [2.45, 2.75) is 38.3 Å². The molecule has 1 saturated carbocycles. The molecule has 2 aromatic rings. The van der Waals surface area contributed by atoms with Crippen molar-refractivity contribution >= 4 is 35.5 Å². The number of rotatable bonds is 6. The monoisotopic (exact) mass is 454 g/mol. The fourth-order valence-corrected chi connectivity index (χ4v) is 4.19. The molecule has 7 nitrogen and oxygen atoms in total. The zero-order chi connectivity index (χ0) is 22.7. The molecule has 4 amide bonds. The molecule has 1 aliphatic carbocycles. The van der Waals surface area contributed by atoms with Crippen molar-refractivity contribution in [3.05, 3.63) is 64.2 Å². The number of benzene rings is 2.